The van der Waals surface area contributed by atoms with E-state index in [2.05, 4.69) is 10.1 Å². The maximum absolute atomic E-state index is 12.3. The van der Waals surface area contributed by atoms with Gasteiger partial charge in [0.1, 0.15) is 5.75 Å². The topological polar surface area (TPSA) is 56.8 Å². The van der Waals surface area contributed by atoms with Crippen LogP contribution in [0.15, 0.2) is 36.4 Å². The van der Waals surface area contributed by atoms with Crippen LogP contribution in [0.4, 0.5) is 8.78 Å². The van der Waals surface area contributed by atoms with Crippen molar-refractivity contribution in [3.63, 3.8) is 0 Å². The van der Waals surface area contributed by atoms with E-state index in [4.69, 9.17) is 21.1 Å². The molecule has 0 aromatic heterocycles. The Kier molecular flexibility index (Phi) is 7.03. The van der Waals surface area contributed by atoms with Gasteiger partial charge >= 0.3 is 6.61 Å². The van der Waals surface area contributed by atoms with Gasteiger partial charge in [-0.1, -0.05) is 17.7 Å². The number of methoxy groups -OCH3 is 2. The summed E-state index contributed by atoms with van der Waals surface area (Å²) in [5.74, 6) is 0.251. The van der Waals surface area contributed by atoms with E-state index >= 15 is 0 Å². The minimum atomic E-state index is -2.93. The zero-order valence-electron chi connectivity index (χ0n) is 14.2. The molecule has 26 heavy (non-hydrogen) atoms. The fourth-order valence-corrected chi connectivity index (χ4v) is 2.51. The zero-order valence-corrected chi connectivity index (χ0v) is 15.0. The SMILES string of the molecule is COc1cc(CCNC(=O)c2cc(Cl)ccc2OC)ccc1OC(F)F. The molecular formula is C18H18ClF2NO4. The minimum Gasteiger partial charge on any atom is -0.496 e. The molecule has 0 aliphatic rings. The smallest absolute Gasteiger partial charge is 0.387 e. The summed E-state index contributed by atoms with van der Waals surface area (Å²) in [6.07, 6.45) is 0.472. The quantitative estimate of drug-likeness (QED) is 0.748. The highest BCUT2D eigenvalue weighted by Gasteiger charge is 2.14. The lowest BCUT2D eigenvalue weighted by molar-refractivity contribution is -0.0512. The van der Waals surface area contributed by atoms with Crippen LogP contribution in [0.5, 0.6) is 17.2 Å². The van der Waals surface area contributed by atoms with Gasteiger partial charge in [0.25, 0.3) is 5.91 Å². The van der Waals surface area contributed by atoms with E-state index in [0.717, 1.165) is 5.56 Å². The number of rotatable bonds is 8. The molecular weight excluding hydrogens is 368 g/mol. The second-order valence-corrected chi connectivity index (χ2v) is 5.65. The summed E-state index contributed by atoms with van der Waals surface area (Å²) in [4.78, 5) is 12.3. The van der Waals surface area contributed by atoms with Gasteiger partial charge in [0, 0.05) is 11.6 Å². The highest BCUT2D eigenvalue weighted by atomic mass is 35.5. The van der Waals surface area contributed by atoms with E-state index in [9.17, 15) is 13.6 Å². The Hall–Kier alpha value is -2.54. The first-order valence-corrected chi connectivity index (χ1v) is 8.06. The third kappa shape index (κ3) is 5.23. The molecule has 0 radical (unpaired) electrons. The van der Waals surface area contributed by atoms with Gasteiger partial charge in [-0.25, -0.2) is 0 Å². The molecule has 1 N–H and O–H groups in total. The summed E-state index contributed by atoms with van der Waals surface area (Å²) in [5, 5.41) is 3.19. The van der Waals surface area contributed by atoms with Crippen LogP contribution in [0.1, 0.15) is 15.9 Å². The summed E-state index contributed by atoms with van der Waals surface area (Å²) in [5.41, 5.74) is 1.13. The summed E-state index contributed by atoms with van der Waals surface area (Å²) in [6, 6.07) is 9.39. The number of alkyl halides is 2. The van der Waals surface area contributed by atoms with Gasteiger partial charge in [0.05, 0.1) is 19.8 Å². The molecule has 0 atom stereocenters. The van der Waals surface area contributed by atoms with E-state index in [0.29, 0.717) is 29.3 Å². The fraction of sp³-hybridized carbons (Fsp3) is 0.278. The number of hydrogen-bond donors (Lipinski definition) is 1. The number of halogens is 3. The molecule has 2 aromatic rings. The molecule has 2 aromatic carbocycles. The van der Waals surface area contributed by atoms with Gasteiger partial charge in [-0.2, -0.15) is 8.78 Å². The molecule has 0 spiro atoms. The fourth-order valence-electron chi connectivity index (χ4n) is 2.33. The van der Waals surface area contributed by atoms with E-state index in [1.807, 2.05) is 0 Å². The van der Waals surface area contributed by atoms with E-state index in [1.165, 1.54) is 26.4 Å². The van der Waals surface area contributed by atoms with Gasteiger partial charge in [-0.05, 0) is 42.3 Å². The van der Waals surface area contributed by atoms with E-state index < -0.39 is 6.61 Å². The molecule has 0 aliphatic heterocycles. The predicted molar refractivity (Wildman–Crippen MR) is 93.7 cm³/mol. The van der Waals surface area contributed by atoms with Crippen LogP contribution in [0.2, 0.25) is 5.02 Å². The molecule has 0 saturated carbocycles. The van der Waals surface area contributed by atoms with E-state index in [-0.39, 0.29) is 17.4 Å². The Bertz CT molecular complexity index is 771. The van der Waals surface area contributed by atoms with Crippen LogP contribution >= 0.6 is 11.6 Å². The summed E-state index contributed by atoms with van der Waals surface area (Å²) in [7, 11) is 2.83. The maximum Gasteiger partial charge on any atom is 0.387 e. The number of carbonyl (C=O) groups is 1. The van der Waals surface area contributed by atoms with Crippen LogP contribution in [-0.4, -0.2) is 33.3 Å². The van der Waals surface area contributed by atoms with Crippen LogP contribution in [-0.2, 0) is 6.42 Å². The standard InChI is InChI=1S/C18H18ClF2NO4/c1-24-14-6-4-12(19)10-13(14)17(23)22-8-7-11-3-5-15(26-18(20)21)16(9-11)25-2/h3-6,9-10,18H,7-8H2,1-2H3,(H,22,23). The van der Waals surface area contributed by atoms with Crippen LogP contribution < -0.4 is 19.5 Å². The highest BCUT2D eigenvalue weighted by Crippen LogP contribution is 2.29. The summed E-state index contributed by atoms with van der Waals surface area (Å²) in [6.45, 7) is -2.60. The Balaban J connectivity index is 1.99. The van der Waals surface area contributed by atoms with Crippen molar-refractivity contribution < 1.29 is 27.8 Å². The normalized spacial score (nSPS) is 10.5. The molecule has 140 valence electrons. The number of benzene rings is 2. The van der Waals surface area contributed by atoms with Gasteiger partial charge in [0.15, 0.2) is 11.5 Å². The molecule has 0 bridgehead atoms. The average Bonchev–Trinajstić information content (AvgIpc) is 2.62. The molecule has 2 rings (SSSR count). The lowest BCUT2D eigenvalue weighted by Gasteiger charge is -2.12. The van der Waals surface area contributed by atoms with Gasteiger partial charge in [-0.3, -0.25) is 4.79 Å². The van der Waals surface area contributed by atoms with Crippen LogP contribution in [0, 0.1) is 0 Å². The number of hydrogen-bond acceptors (Lipinski definition) is 4. The monoisotopic (exact) mass is 385 g/mol. The second-order valence-electron chi connectivity index (χ2n) is 5.21. The number of ether oxygens (including phenoxy) is 3. The number of amides is 1. The van der Waals surface area contributed by atoms with Crippen molar-refractivity contribution in [2.45, 2.75) is 13.0 Å². The van der Waals surface area contributed by atoms with Crippen molar-refractivity contribution in [3.05, 3.63) is 52.5 Å². The first-order valence-electron chi connectivity index (χ1n) is 7.68. The molecule has 8 heteroatoms. The zero-order chi connectivity index (χ0) is 19.1. The molecule has 0 unspecified atom stereocenters. The molecule has 0 fully saturated rings. The van der Waals surface area contributed by atoms with Crippen molar-refractivity contribution >= 4 is 17.5 Å². The van der Waals surface area contributed by atoms with Crippen molar-refractivity contribution in [3.8, 4) is 17.2 Å². The molecule has 0 saturated heterocycles. The predicted octanol–water partition coefficient (Wildman–Crippen LogP) is 3.93. The number of nitrogens with one attached hydrogen (secondary N) is 1. The van der Waals surface area contributed by atoms with Crippen molar-refractivity contribution in [2.75, 3.05) is 20.8 Å². The van der Waals surface area contributed by atoms with Crippen molar-refractivity contribution in [1.29, 1.82) is 0 Å². The summed E-state index contributed by atoms with van der Waals surface area (Å²) < 4.78 is 39.2. The second kappa shape index (κ2) is 9.24. The van der Waals surface area contributed by atoms with E-state index in [1.54, 1.807) is 24.3 Å². The Labute approximate surface area is 154 Å². The largest absolute Gasteiger partial charge is 0.496 e. The van der Waals surface area contributed by atoms with Crippen LogP contribution in [0.25, 0.3) is 0 Å². The van der Waals surface area contributed by atoms with Crippen LogP contribution in [0.3, 0.4) is 0 Å². The molecule has 0 heterocycles. The molecule has 0 aliphatic carbocycles. The Morgan fingerprint density at radius 1 is 1.08 bits per heavy atom. The Morgan fingerprint density at radius 3 is 2.42 bits per heavy atom. The average molecular weight is 386 g/mol. The minimum absolute atomic E-state index is 0.0426. The molecule has 1 amide bonds. The Morgan fingerprint density at radius 2 is 1.77 bits per heavy atom. The highest BCUT2D eigenvalue weighted by molar-refractivity contribution is 6.31. The first-order chi connectivity index (χ1) is 12.4. The van der Waals surface area contributed by atoms with Gasteiger partial charge < -0.3 is 19.5 Å². The lowest BCUT2D eigenvalue weighted by atomic mass is 10.1. The third-order valence-corrected chi connectivity index (χ3v) is 3.78. The first kappa shape index (κ1) is 19.8. The lowest BCUT2D eigenvalue weighted by Crippen LogP contribution is -2.26. The third-order valence-electron chi connectivity index (χ3n) is 3.55. The van der Waals surface area contributed by atoms with Gasteiger partial charge in [0.2, 0.25) is 0 Å². The summed E-state index contributed by atoms with van der Waals surface area (Å²) >= 11 is 5.92. The van der Waals surface area contributed by atoms with Gasteiger partial charge in [-0.15, -0.1) is 0 Å². The number of carbonyl (C=O) groups excluding carboxylic acids is 1. The molecule has 5 nitrogen and oxygen atoms in total. The maximum atomic E-state index is 12.3. The van der Waals surface area contributed by atoms with Crippen molar-refractivity contribution in [1.82, 2.24) is 5.32 Å². The van der Waals surface area contributed by atoms with Crippen molar-refractivity contribution in [2.24, 2.45) is 0 Å².